The van der Waals surface area contributed by atoms with Gasteiger partial charge in [-0.2, -0.15) is 0 Å². The monoisotopic (exact) mass is 631 g/mol. The number of fused-ring (bicyclic) bond motifs is 7. The van der Waals surface area contributed by atoms with Crippen LogP contribution in [0.4, 0.5) is 0 Å². The summed E-state index contributed by atoms with van der Waals surface area (Å²) in [5.74, 6) is 1.07. The van der Waals surface area contributed by atoms with Crippen LogP contribution in [0, 0.1) is 12.1 Å². The maximum absolute atomic E-state index is 6.38. The molecule has 0 atom stereocenters. The number of ether oxygens (including phenoxy) is 1. The number of para-hydroxylation sites is 1. The van der Waals surface area contributed by atoms with Gasteiger partial charge in [0.2, 0.25) is 0 Å². The van der Waals surface area contributed by atoms with E-state index in [2.05, 4.69) is 46.4 Å². The van der Waals surface area contributed by atoms with E-state index < -0.39 is 0 Å². The van der Waals surface area contributed by atoms with Gasteiger partial charge in [0.25, 0.3) is 0 Å². The number of pyridine rings is 2. The molecule has 7 rings (SSSR count). The molecule has 0 saturated carbocycles. The zero-order valence-corrected chi connectivity index (χ0v) is 20.5. The molecule has 0 aliphatic carbocycles. The van der Waals surface area contributed by atoms with Crippen LogP contribution in [0.15, 0.2) is 102 Å². The molecule has 0 radical (unpaired) electrons. The van der Waals surface area contributed by atoms with Crippen molar-refractivity contribution < 1.29 is 30.2 Å². The third kappa shape index (κ3) is 3.58. The van der Waals surface area contributed by atoms with Gasteiger partial charge in [0, 0.05) is 23.5 Å². The van der Waals surface area contributed by atoms with E-state index >= 15 is 0 Å². The van der Waals surface area contributed by atoms with Crippen molar-refractivity contribution in [2.45, 2.75) is 0 Å². The first kappa shape index (κ1) is 21.5. The summed E-state index contributed by atoms with van der Waals surface area (Å²) in [6.45, 7) is 0. The van der Waals surface area contributed by atoms with Crippen molar-refractivity contribution in [1.29, 1.82) is 0 Å². The number of hydrogen-bond acceptors (Lipinski definition) is 4. The first-order valence-electron chi connectivity index (χ1n) is 11.0. The summed E-state index contributed by atoms with van der Waals surface area (Å²) in [5.41, 5.74) is 4.02. The van der Waals surface area contributed by atoms with E-state index in [4.69, 9.17) is 9.15 Å². The Kier molecular flexibility index (Phi) is 5.32. The van der Waals surface area contributed by atoms with Gasteiger partial charge in [-0.3, -0.25) is 0 Å². The van der Waals surface area contributed by atoms with E-state index in [0.717, 1.165) is 49.3 Å². The standard InChI is InChI=1S/C30H16N2O2.Pt/c1-2-12-26-23(10-1)28-22-14-13-19-8-6-16-32-29(19)24(22)18-27(30(28)34-26)33-21-9-5-7-20(17-21)25-11-3-4-15-31-25;/h1-16H;/q-2;+2. The van der Waals surface area contributed by atoms with Crippen LogP contribution < -0.4 is 4.74 Å². The van der Waals surface area contributed by atoms with E-state index in [-0.39, 0.29) is 21.1 Å². The van der Waals surface area contributed by atoms with Crippen LogP contribution in [0.3, 0.4) is 0 Å². The van der Waals surface area contributed by atoms with Crippen molar-refractivity contribution in [2.24, 2.45) is 0 Å². The minimum atomic E-state index is 0. The molecular formula is C30H16N2O2Pt. The third-order valence-corrected chi connectivity index (χ3v) is 6.01. The zero-order chi connectivity index (χ0) is 22.5. The third-order valence-electron chi connectivity index (χ3n) is 6.01. The summed E-state index contributed by atoms with van der Waals surface area (Å²) in [6, 6.07) is 34.6. The maximum Gasteiger partial charge on any atom is 2.00 e. The number of benzene rings is 4. The molecule has 4 aromatic carbocycles. The fourth-order valence-corrected chi connectivity index (χ4v) is 4.48. The second-order valence-electron chi connectivity index (χ2n) is 8.07. The van der Waals surface area contributed by atoms with Crippen molar-refractivity contribution in [1.82, 2.24) is 9.97 Å². The van der Waals surface area contributed by atoms with Gasteiger partial charge in [0.1, 0.15) is 5.58 Å². The first-order chi connectivity index (χ1) is 16.8. The minimum absolute atomic E-state index is 0. The van der Waals surface area contributed by atoms with Crippen LogP contribution in [-0.2, 0) is 21.1 Å². The van der Waals surface area contributed by atoms with Crippen LogP contribution in [-0.4, -0.2) is 9.97 Å². The van der Waals surface area contributed by atoms with Gasteiger partial charge in [-0.25, -0.2) is 0 Å². The molecule has 0 fully saturated rings. The van der Waals surface area contributed by atoms with Gasteiger partial charge < -0.3 is 19.1 Å². The number of furan rings is 1. The van der Waals surface area contributed by atoms with Gasteiger partial charge in [-0.05, 0) is 40.2 Å². The Morgan fingerprint density at radius 3 is 2.51 bits per heavy atom. The average molecular weight is 632 g/mol. The molecule has 0 aliphatic rings. The Morgan fingerprint density at radius 2 is 1.60 bits per heavy atom. The van der Waals surface area contributed by atoms with Gasteiger partial charge >= 0.3 is 21.1 Å². The Morgan fingerprint density at radius 1 is 0.714 bits per heavy atom. The molecule has 35 heavy (non-hydrogen) atoms. The molecule has 7 aromatic rings. The summed E-state index contributed by atoms with van der Waals surface area (Å²) in [4.78, 5) is 9.08. The van der Waals surface area contributed by atoms with Crippen molar-refractivity contribution in [2.75, 3.05) is 0 Å². The van der Waals surface area contributed by atoms with Gasteiger partial charge in [-0.1, -0.05) is 66.0 Å². The Bertz CT molecular complexity index is 1840. The molecule has 168 valence electrons. The average Bonchev–Trinajstić information content (AvgIpc) is 3.30. The van der Waals surface area contributed by atoms with E-state index in [9.17, 15) is 0 Å². The molecule has 0 saturated heterocycles. The number of rotatable bonds is 3. The summed E-state index contributed by atoms with van der Waals surface area (Å²) in [5, 5.41) is 5.00. The second-order valence-corrected chi connectivity index (χ2v) is 8.07. The normalized spacial score (nSPS) is 11.2. The van der Waals surface area contributed by atoms with Crippen LogP contribution in [0.2, 0.25) is 0 Å². The van der Waals surface area contributed by atoms with Crippen molar-refractivity contribution in [3.8, 4) is 22.8 Å². The molecule has 0 spiro atoms. The van der Waals surface area contributed by atoms with Gasteiger partial charge in [-0.15, -0.1) is 29.1 Å². The van der Waals surface area contributed by atoms with Gasteiger partial charge in [0.15, 0.2) is 0 Å². The number of hydrogen-bond donors (Lipinski definition) is 0. The molecule has 3 heterocycles. The molecule has 0 N–H and O–H groups in total. The van der Waals surface area contributed by atoms with E-state index in [0.29, 0.717) is 17.1 Å². The fourth-order valence-electron chi connectivity index (χ4n) is 4.48. The summed E-state index contributed by atoms with van der Waals surface area (Å²) in [7, 11) is 0. The smallest absolute Gasteiger partial charge is 0.497 e. The van der Waals surface area contributed by atoms with E-state index in [1.54, 1.807) is 12.4 Å². The predicted molar refractivity (Wildman–Crippen MR) is 134 cm³/mol. The van der Waals surface area contributed by atoms with Crippen LogP contribution in [0.25, 0.3) is 54.9 Å². The predicted octanol–water partition coefficient (Wildman–Crippen LogP) is 7.74. The number of aromatic nitrogens is 2. The largest absolute Gasteiger partial charge is 2.00 e. The molecule has 0 unspecified atom stereocenters. The van der Waals surface area contributed by atoms with Crippen LogP contribution in [0.5, 0.6) is 11.5 Å². The van der Waals surface area contributed by atoms with Crippen LogP contribution in [0.1, 0.15) is 0 Å². The summed E-state index contributed by atoms with van der Waals surface area (Å²) < 4.78 is 12.7. The fraction of sp³-hybridized carbons (Fsp3) is 0. The van der Waals surface area contributed by atoms with Crippen molar-refractivity contribution in [3.05, 3.63) is 109 Å². The van der Waals surface area contributed by atoms with Crippen molar-refractivity contribution in [3.63, 3.8) is 0 Å². The second kappa shape index (κ2) is 8.65. The zero-order valence-electron chi connectivity index (χ0n) is 18.3. The molecular weight excluding hydrogens is 615 g/mol. The molecule has 4 nitrogen and oxygen atoms in total. The SMILES string of the molecule is [Pt+2].[c-]1c(Oc2[c-]c3c(ccc4cccnc43)c3c2oc2ccccc23)cccc1-c1ccccn1. The minimum Gasteiger partial charge on any atom is -0.497 e. The Balaban J connectivity index is 0.00000229. The topological polar surface area (TPSA) is 48.2 Å². The first-order valence-corrected chi connectivity index (χ1v) is 11.0. The summed E-state index contributed by atoms with van der Waals surface area (Å²) >= 11 is 0. The number of nitrogens with zero attached hydrogens (tertiary/aromatic N) is 2. The molecule has 0 aliphatic heterocycles. The van der Waals surface area contributed by atoms with Gasteiger partial charge in [0.05, 0.1) is 11.3 Å². The Hall–Kier alpha value is -4.01. The maximum atomic E-state index is 6.38. The molecule has 0 bridgehead atoms. The van der Waals surface area contributed by atoms with Crippen LogP contribution >= 0.6 is 0 Å². The molecule has 0 amide bonds. The van der Waals surface area contributed by atoms with Crippen molar-refractivity contribution >= 4 is 43.6 Å². The molecule has 5 heteroatoms. The molecule has 3 aromatic heterocycles. The van der Waals surface area contributed by atoms with E-state index in [1.165, 1.54) is 0 Å². The van der Waals surface area contributed by atoms with E-state index in [1.807, 2.05) is 60.7 Å². The Labute approximate surface area is 215 Å². The quantitative estimate of drug-likeness (QED) is 0.148. The summed E-state index contributed by atoms with van der Waals surface area (Å²) in [6.07, 6.45) is 3.57.